The molecule has 1 aliphatic carbocycles. The maximum atomic E-state index is 12.2. The molecule has 2 rings (SSSR count). The van der Waals surface area contributed by atoms with Crippen LogP contribution in [0.1, 0.15) is 44.2 Å². The number of benzene rings is 1. The van der Waals surface area contributed by atoms with E-state index in [1.165, 1.54) is 0 Å². The molecule has 2 atom stereocenters. The van der Waals surface area contributed by atoms with Gasteiger partial charge in [-0.15, -0.1) is 12.4 Å². The SMILES string of the molecule is CC(C)NS(=O)(=O)Cc1ccccc1CNC(=O)C1CCC(N)C1.Cl. The van der Waals surface area contributed by atoms with Crippen molar-refractivity contribution in [1.82, 2.24) is 10.0 Å². The summed E-state index contributed by atoms with van der Waals surface area (Å²) in [6.45, 7) is 3.91. The highest BCUT2D eigenvalue weighted by molar-refractivity contribution is 7.88. The molecule has 1 aromatic carbocycles. The Balaban J connectivity index is 0.00000312. The molecular weight excluding hydrogens is 362 g/mol. The van der Waals surface area contributed by atoms with Gasteiger partial charge in [-0.2, -0.15) is 0 Å². The van der Waals surface area contributed by atoms with Crippen molar-refractivity contribution >= 4 is 28.3 Å². The third kappa shape index (κ3) is 6.93. The fourth-order valence-electron chi connectivity index (χ4n) is 3.06. The minimum atomic E-state index is -3.40. The van der Waals surface area contributed by atoms with E-state index in [1.54, 1.807) is 19.9 Å². The molecule has 1 aromatic rings. The number of nitrogens with one attached hydrogen (secondary N) is 2. The summed E-state index contributed by atoms with van der Waals surface area (Å²) in [4.78, 5) is 12.2. The third-order valence-corrected chi connectivity index (χ3v) is 5.70. The predicted molar refractivity (Wildman–Crippen MR) is 102 cm³/mol. The van der Waals surface area contributed by atoms with Crippen LogP contribution in [0.3, 0.4) is 0 Å². The Hall–Kier alpha value is -1.15. The molecule has 1 saturated carbocycles. The summed E-state index contributed by atoms with van der Waals surface area (Å²) in [7, 11) is -3.40. The van der Waals surface area contributed by atoms with Crippen molar-refractivity contribution < 1.29 is 13.2 Å². The number of hydrogen-bond donors (Lipinski definition) is 3. The van der Waals surface area contributed by atoms with Crippen molar-refractivity contribution in [2.45, 2.75) is 57.5 Å². The third-order valence-electron chi connectivity index (χ3n) is 4.18. The van der Waals surface area contributed by atoms with Crippen LogP contribution in [-0.4, -0.2) is 26.4 Å². The molecule has 2 unspecified atom stereocenters. The number of hydrogen-bond acceptors (Lipinski definition) is 4. The molecule has 0 spiro atoms. The molecule has 1 amide bonds. The highest BCUT2D eigenvalue weighted by Crippen LogP contribution is 2.24. The van der Waals surface area contributed by atoms with Crippen LogP contribution in [0.4, 0.5) is 0 Å². The molecule has 0 bridgehead atoms. The van der Waals surface area contributed by atoms with Gasteiger partial charge in [0, 0.05) is 24.5 Å². The first-order valence-electron chi connectivity index (χ1n) is 8.37. The van der Waals surface area contributed by atoms with Crippen LogP contribution in [0.5, 0.6) is 0 Å². The van der Waals surface area contributed by atoms with Gasteiger partial charge in [0.05, 0.1) is 5.75 Å². The first-order chi connectivity index (χ1) is 11.3. The van der Waals surface area contributed by atoms with Crippen LogP contribution in [0.2, 0.25) is 0 Å². The van der Waals surface area contributed by atoms with Crippen LogP contribution in [0.15, 0.2) is 24.3 Å². The van der Waals surface area contributed by atoms with Crippen LogP contribution in [0, 0.1) is 5.92 Å². The summed E-state index contributed by atoms with van der Waals surface area (Å²) >= 11 is 0. The molecule has 1 aliphatic rings. The standard InChI is InChI=1S/C17H27N3O3S.ClH/c1-12(2)20-24(22,23)11-15-6-4-3-5-14(15)10-19-17(21)13-7-8-16(18)9-13;/h3-6,12-13,16,20H,7-11,18H2,1-2H3,(H,19,21);1H. The predicted octanol–water partition coefficient (Wildman–Crippen LogP) is 1.68. The molecule has 0 saturated heterocycles. The zero-order valence-electron chi connectivity index (χ0n) is 14.7. The van der Waals surface area contributed by atoms with E-state index in [0.29, 0.717) is 12.1 Å². The Morgan fingerprint density at radius 3 is 2.44 bits per heavy atom. The Bertz CT molecular complexity index is 679. The highest BCUT2D eigenvalue weighted by Gasteiger charge is 2.27. The van der Waals surface area contributed by atoms with Gasteiger partial charge in [-0.05, 0) is 44.2 Å². The average molecular weight is 390 g/mol. The van der Waals surface area contributed by atoms with Crippen molar-refractivity contribution in [2.75, 3.05) is 0 Å². The number of carbonyl (C=O) groups is 1. The second-order valence-corrected chi connectivity index (χ2v) is 8.54. The topological polar surface area (TPSA) is 101 Å². The van der Waals surface area contributed by atoms with E-state index in [4.69, 9.17) is 5.73 Å². The van der Waals surface area contributed by atoms with Gasteiger partial charge in [0.25, 0.3) is 0 Å². The molecule has 6 nitrogen and oxygen atoms in total. The molecular formula is C17H28ClN3O3S. The number of nitrogens with two attached hydrogens (primary N) is 1. The van der Waals surface area contributed by atoms with Crippen LogP contribution in [-0.2, 0) is 27.1 Å². The number of halogens is 1. The zero-order valence-corrected chi connectivity index (χ0v) is 16.3. The van der Waals surface area contributed by atoms with Gasteiger partial charge in [-0.1, -0.05) is 24.3 Å². The minimum Gasteiger partial charge on any atom is -0.352 e. The van der Waals surface area contributed by atoms with E-state index in [-0.39, 0.29) is 42.1 Å². The number of sulfonamides is 1. The minimum absolute atomic E-state index is 0. The van der Waals surface area contributed by atoms with Crippen molar-refractivity contribution in [3.8, 4) is 0 Å². The van der Waals surface area contributed by atoms with Crippen molar-refractivity contribution in [3.05, 3.63) is 35.4 Å². The lowest BCUT2D eigenvalue weighted by molar-refractivity contribution is -0.125. The second kappa shape index (κ2) is 9.52. The lowest BCUT2D eigenvalue weighted by Crippen LogP contribution is -2.32. The smallest absolute Gasteiger partial charge is 0.223 e. The van der Waals surface area contributed by atoms with Gasteiger partial charge < -0.3 is 11.1 Å². The molecule has 0 heterocycles. The van der Waals surface area contributed by atoms with Crippen LogP contribution < -0.4 is 15.8 Å². The molecule has 8 heteroatoms. The summed E-state index contributed by atoms with van der Waals surface area (Å²) in [5.41, 5.74) is 7.37. The Labute approximate surface area is 156 Å². The Kier molecular flexibility index (Phi) is 8.34. The molecule has 142 valence electrons. The van der Waals surface area contributed by atoms with Gasteiger partial charge in [-0.25, -0.2) is 13.1 Å². The second-order valence-electron chi connectivity index (χ2n) is 6.79. The first-order valence-corrected chi connectivity index (χ1v) is 10.0. The first kappa shape index (κ1) is 21.9. The summed E-state index contributed by atoms with van der Waals surface area (Å²) in [5.74, 6) is -0.120. The molecule has 25 heavy (non-hydrogen) atoms. The fourth-order valence-corrected chi connectivity index (χ4v) is 4.55. The summed E-state index contributed by atoms with van der Waals surface area (Å²) < 4.78 is 26.8. The van der Waals surface area contributed by atoms with E-state index in [9.17, 15) is 13.2 Å². The van der Waals surface area contributed by atoms with Crippen molar-refractivity contribution in [1.29, 1.82) is 0 Å². The normalized spacial score (nSPS) is 20.3. The van der Waals surface area contributed by atoms with Gasteiger partial charge >= 0.3 is 0 Å². The zero-order chi connectivity index (χ0) is 17.7. The lowest BCUT2D eigenvalue weighted by atomic mass is 10.1. The Morgan fingerprint density at radius 2 is 1.88 bits per heavy atom. The van der Waals surface area contributed by atoms with E-state index >= 15 is 0 Å². The fraction of sp³-hybridized carbons (Fsp3) is 0.588. The van der Waals surface area contributed by atoms with Crippen molar-refractivity contribution in [2.24, 2.45) is 11.7 Å². The van der Waals surface area contributed by atoms with Crippen LogP contribution >= 0.6 is 12.4 Å². The molecule has 0 radical (unpaired) electrons. The Morgan fingerprint density at radius 1 is 1.24 bits per heavy atom. The van der Waals surface area contributed by atoms with E-state index in [0.717, 1.165) is 24.8 Å². The van der Waals surface area contributed by atoms with E-state index < -0.39 is 10.0 Å². The average Bonchev–Trinajstić information content (AvgIpc) is 2.91. The number of amides is 1. The summed E-state index contributed by atoms with van der Waals surface area (Å²) in [5, 5.41) is 2.92. The maximum Gasteiger partial charge on any atom is 0.223 e. The summed E-state index contributed by atoms with van der Waals surface area (Å²) in [6.07, 6.45) is 2.43. The molecule has 0 aliphatic heterocycles. The van der Waals surface area contributed by atoms with E-state index in [2.05, 4.69) is 10.0 Å². The largest absolute Gasteiger partial charge is 0.352 e. The molecule has 1 fully saturated rings. The van der Waals surface area contributed by atoms with Crippen molar-refractivity contribution in [3.63, 3.8) is 0 Å². The highest BCUT2D eigenvalue weighted by atomic mass is 35.5. The van der Waals surface area contributed by atoms with Gasteiger partial charge in [0.15, 0.2) is 0 Å². The van der Waals surface area contributed by atoms with Gasteiger partial charge in [0.1, 0.15) is 0 Å². The van der Waals surface area contributed by atoms with Crippen LogP contribution in [0.25, 0.3) is 0 Å². The summed E-state index contributed by atoms with van der Waals surface area (Å²) in [6, 6.07) is 7.25. The van der Waals surface area contributed by atoms with E-state index in [1.807, 2.05) is 18.2 Å². The van der Waals surface area contributed by atoms with Gasteiger partial charge in [0.2, 0.25) is 15.9 Å². The molecule has 0 aromatic heterocycles. The maximum absolute atomic E-state index is 12.2. The van der Waals surface area contributed by atoms with Gasteiger partial charge in [-0.3, -0.25) is 4.79 Å². The monoisotopic (exact) mass is 389 g/mol. The number of rotatable bonds is 7. The quantitative estimate of drug-likeness (QED) is 0.660. The number of carbonyl (C=O) groups excluding carboxylic acids is 1. The lowest BCUT2D eigenvalue weighted by Gasteiger charge is -2.15. The molecule has 4 N–H and O–H groups in total.